The van der Waals surface area contributed by atoms with Crippen LogP contribution in [0.1, 0.15) is 32.0 Å². The third-order valence-electron chi connectivity index (χ3n) is 3.09. The Morgan fingerprint density at radius 1 is 1.23 bits per heavy atom. The number of aromatic nitrogens is 1. The third kappa shape index (κ3) is 3.97. The summed E-state index contributed by atoms with van der Waals surface area (Å²) in [5.41, 5.74) is 3.19. The van der Waals surface area contributed by atoms with E-state index in [0.29, 0.717) is 5.56 Å². The molecule has 0 saturated carbocycles. The van der Waals surface area contributed by atoms with Crippen molar-refractivity contribution in [1.29, 1.82) is 5.26 Å². The maximum atomic E-state index is 12.1. The maximum Gasteiger partial charge on any atom is 0.122 e. The lowest BCUT2D eigenvalue weighted by molar-refractivity contribution is 0.569. The van der Waals surface area contributed by atoms with Crippen LogP contribution in [0.3, 0.4) is 0 Å². The topological polar surface area (TPSA) is 59.7 Å². The van der Waals surface area contributed by atoms with E-state index in [-0.39, 0.29) is 4.75 Å². The normalized spacial score (nSPS) is 13.0. The van der Waals surface area contributed by atoms with Gasteiger partial charge in [-0.15, -0.1) is 0 Å². The quantitative estimate of drug-likeness (QED) is 0.801. The van der Waals surface area contributed by atoms with Crippen LogP contribution in [-0.4, -0.2) is 14.3 Å². The molecule has 4 heteroatoms. The molecule has 1 heterocycles. The van der Waals surface area contributed by atoms with E-state index in [0.717, 1.165) is 16.8 Å². The first-order valence-corrected chi connectivity index (χ1v) is 8.17. The Balaban J connectivity index is 2.39. The second-order valence-corrected chi connectivity index (χ2v) is 7.93. The van der Waals surface area contributed by atoms with Crippen molar-refractivity contribution in [1.82, 2.24) is 4.98 Å². The zero-order valence-corrected chi connectivity index (χ0v) is 13.7. The van der Waals surface area contributed by atoms with Crippen LogP contribution in [0.5, 0.6) is 0 Å². The number of benzene rings is 1. The Morgan fingerprint density at radius 3 is 2.68 bits per heavy atom. The molecule has 0 fully saturated rings. The number of hydrogen-bond donors (Lipinski definition) is 0. The van der Waals surface area contributed by atoms with E-state index in [4.69, 9.17) is 5.26 Å². The van der Waals surface area contributed by atoms with Crippen molar-refractivity contribution in [2.75, 3.05) is 0 Å². The Bertz CT molecular complexity index is 726. The zero-order chi connectivity index (χ0) is 16.2. The van der Waals surface area contributed by atoms with Crippen LogP contribution < -0.4 is 0 Å². The van der Waals surface area contributed by atoms with Crippen LogP contribution in [0.15, 0.2) is 48.0 Å². The molecule has 0 N–H and O–H groups in total. The molecule has 22 heavy (non-hydrogen) atoms. The summed E-state index contributed by atoms with van der Waals surface area (Å²) < 4.78 is 11.8. The first-order chi connectivity index (χ1) is 10.4. The Kier molecular flexibility index (Phi) is 5.02. The summed E-state index contributed by atoms with van der Waals surface area (Å²) >= 11 is -1.08. The molecule has 0 aliphatic heterocycles. The molecule has 2 rings (SSSR count). The molecule has 3 nitrogen and oxygen atoms in total. The van der Waals surface area contributed by atoms with E-state index in [1.54, 1.807) is 23.7 Å². The minimum atomic E-state index is -1.08. The average molecular weight is 310 g/mol. The summed E-state index contributed by atoms with van der Waals surface area (Å²) in [6.07, 6.45) is 3.49. The van der Waals surface area contributed by atoms with E-state index >= 15 is 0 Å². The highest BCUT2D eigenvalue weighted by Gasteiger charge is 2.23. The first kappa shape index (κ1) is 16.3. The van der Waals surface area contributed by atoms with Crippen LogP contribution in [-0.2, 0) is 11.2 Å². The van der Waals surface area contributed by atoms with Gasteiger partial charge in [0.25, 0.3) is 0 Å². The number of hydrogen-bond acceptors (Lipinski definition) is 3. The van der Waals surface area contributed by atoms with Gasteiger partial charge in [-0.05, 0) is 55.7 Å². The average Bonchev–Trinajstić information content (AvgIpc) is 2.52. The Hall–Kier alpha value is -2.09. The van der Waals surface area contributed by atoms with Gasteiger partial charge in [-0.25, -0.2) is 0 Å². The van der Waals surface area contributed by atoms with Gasteiger partial charge in [0.05, 0.1) is 17.3 Å². The molecule has 2 aromatic rings. The van der Waals surface area contributed by atoms with Crippen LogP contribution in [0, 0.1) is 11.3 Å². The summed E-state index contributed by atoms with van der Waals surface area (Å²) in [6.45, 7) is 5.80. The fraction of sp³-hybridized carbons (Fsp3) is 0.222. The van der Waals surface area contributed by atoms with E-state index in [1.165, 1.54) is 0 Å². The van der Waals surface area contributed by atoms with E-state index in [2.05, 4.69) is 11.1 Å². The van der Waals surface area contributed by atoms with E-state index in [9.17, 15) is 4.55 Å². The van der Waals surface area contributed by atoms with Crippen molar-refractivity contribution in [2.24, 2.45) is 0 Å². The van der Waals surface area contributed by atoms with Crippen molar-refractivity contribution in [3.63, 3.8) is 0 Å². The summed E-state index contributed by atoms with van der Waals surface area (Å²) in [4.78, 5) is 4.36. The van der Waals surface area contributed by atoms with Gasteiger partial charge in [0.15, 0.2) is 0 Å². The predicted molar refractivity (Wildman–Crippen MR) is 91.3 cm³/mol. The molecule has 0 bridgehead atoms. The molecule has 0 amide bonds. The smallest absolute Gasteiger partial charge is 0.122 e. The molecule has 1 aromatic carbocycles. The van der Waals surface area contributed by atoms with Crippen LogP contribution >= 0.6 is 0 Å². The standard InChI is InChI=1S/C18H18N2OS/c1-18(2,3)22(21)11-9-17-16(8-5-10-20-17)15-7-4-6-14(12-15)13-19/h4-12H,1-3H3/b11-9-/t22-/m1/s1. The maximum absolute atomic E-state index is 12.1. The lowest BCUT2D eigenvalue weighted by atomic mass is 10.0. The van der Waals surface area contributed by atoms with Crippen molar-refractivity contribution >= 4 is 17.3 Å². The fourth-order valence-electron chi connectivity index (χ4n) is 1.88. The van der Waals surface area contributed by atoms with Crippen LogP contribution in [0.2, 0.25) is 0 Å². The van der Waals surface area contributed by atoms with Gasteiger partial charge in [-0.3, -0.25) is 4.98 Å². The van der Waals surface area contributed by atoms with Crippen LogP contribution in [0.25, 0.3) is 17.2 Å². The lowest BCUT2D eigenvalue weighted by Gasteiger charge is -2.20. The largest absolute Gasteiger partial charge is 0.611 e. The highest BCUT2D eigenvalue weighted by atomic mass is 32.2. The van der Waals surface area contributed by atoms with Crippen molar-refractivity contribution in [3.8, 4) is 17.2 Å². The first-order valence-electron chi connectivity index (χ1n) is 6.96. The lowest BCUT2D eigenvalue weighted by Crippen LogP contribution is -2.25. The summed E-state index contributed by atoms with van der Waals surface area (Å²) in [7, 11) is 0. The number of rotatable bonds is 3. The molecule has 0 aliphatic rings. The summed E-state index contributed by atoms with van der Waals surface area (Å²) in [5, 5.41) is 10.7. The van der Waals surface area contributed by atoms with Gasteiger partial charge >= 0.3 is 0 Å². The van der Waals surface area contributed by atoms with E-state index in [1.807, 2.05) is 51.1 Å². The Labute approximate surface area is 134 Å². The second kappa shape index (κ2) is 6.78. The molecule has 0 saturated heterocycles. The molecule has 0 aliphatic carbocycles. The highest BCUT2D eigenvalue weighted by molar-refractivity contribution is 7.95. The van der Waals surface area contributed by atoms with Gasteiger partial charge in [0.1, 0.15) is 10.2 Å². The molecular weight excluding hydrogens is 292 g/mol. The SMILES string of the molecule is CC(C)(C)[S@+]([O-])/C=C\c1ncccc1-c1cccc(C#N)c1. The van der Waals surface area contributed by atoms with Crippen molar-refractivity contribution in [3.05, 3.63) is 59.3 Å². The van der Waals surface area contributed by atoms with Crippen molar-refractivity contribution < 1.29 is 4.55 Å². The van der Waals surface area contributed by atoms with Gasteiger partial charge in [0, 0.05) is 17.8 Å². The molecule has 0 spiro atoms. The minimum Gasteiger partial charge on any atom is -0.611 e. The van der Waals surface area contributed by atoms with Gasteiger partial charge in [0.2, 0.25) is 0 Å². The van der Waals surface area contributed by atoms with Crippen molar-refractivity contribution in [2.45, 2.75) is 25.5 Å². The molecular formula is C18H18N2OS. The van der Waals surface area contributed by atoms with Gasteiger partial charge in [-0.2, -0.15) is 5.26 Å². The molecule has 1 aromatic heterocycles. The number of nitriles is 1. The Morgan fingerprint density at radius 2 is 2.00 bits per heavy atom. The van der Waals surface area contributed by atoms with Gasteiger partial charge in [-0.1, -0.05) is 18.2 Å². The molecule has 0 unspecified atom stereocenters. The summed E-state index contributed by atoms with van der Waals surface area (Å²) in [5.74, 6) is 0. The third-order valence-corrected chi connectivity index (χ3v) is 4.68. The number of pyridine rings is 1. The van der Waals surface area contributed by atoms with Gasteiger partial charge < -0.3 is 4.55 Å². The van der Waals surface area contributed by atoms with E-state index < -0.39 is 11.2 Å². The zero-order valence-electron chi connectivity index (χ0n) is 12.9. The van der Waals surface area contributed by atoms with Crippen LogP contribution in [0.4, 0.5) is 0 Å². The predicted octanol–water partition coefficient (Wildman–Crippen LogP) is 4.14. The molecule has 112 valence electrons. The monoisotopic (exact) mass is 310 g/mol. The summed E-state index contributed by atoms with van der Waals surface area (Å²) in [6, 6.07) is 13.3. The number of nitrogens with zero attached hydrogens (tertiary/aromatic N) is 2. The fourth-order valence-corrected chi connectivity index (χ4v) is 2.54. The minimum absolute atomic E-state index is 0.299. The molecule has 0 radical (unpaired) electrons. The highest BCUT2D eigenvalue weighted by Crippen LogP contribution is 2.25. The second-order valence-electron chi connectivity index (χ2n) is 5.84. The molecule has 1 atom stereocenters.